The highest BCUT2D eigenvalue weighted by molar-refractivity contribution is 9.10. The molecule has 1 heterocycles. The molecule has 1 aromatic carbocycles. The van der Waals surface area contributed by atoms with Crippen LogP contribution in [0.3, 0.4) is 0 Å². The van der Waals surface area contributed by atoms with E-state index in [0.717, 1.165) is 16.7 Å². The van der Waals surface area contributed by atoms with Crippen LogP contribution < -0.4 is 4.90 Å². The van der Waals surface area contributed by atoms with Crippen molar-refractivity contribution in [3.63, 3.8) is 0 Å². The second-order valence-electron chi connectivity index (χ2n) is 4.13. The van der Waals surface area contributed by atoms with Crippen LogP contribution in [0.1, 0.15) is 19.8 Å². The Morgan fingerprint density at radius 3 is 2.88 bits per heavy atom. The first kappa shape index (κ1) is 11.9. The number of halogens is 2. The fourth-order valence-electron chi connectivity index (χ4n) is 2.05. The fourth-order valence-corrected chi connectivity index (χ4v) is 2.54. The Bertz CT molecular complexity index is 421. The number of hydrogen-bond acceptors (Lipinski definition) is 2. The van der Waals surface area contributed by atoms with Crippen molar-refractivity contribution in [2.45, 2.75) is 25.8 Å². The van der Waals surface area contributed by atoms with Crippen LogP contribution >= 0.6 is 27.5 Å². The summed E-state index contributed by atoms with van der Waals surface area (Å²) in [6.45, 7) is 2.88. The van der Waals surface area contributed by atoms with Gasteiger partial charge in [0.1, 0.15) is 5.78 Å². The lowest BCUT2D eigenvalue weighted by atomic mass is 10.0. The SMILES string of the molecule is CC1CC(=O)CCN1c1ccc(Cl)c(Br)c1. The van der Waals surface area contributed by atoms with E-state index in [9.17, 15) is 4.79 Å². The molecule has 0 aromatic heterocycles. The van der Waals surface area contributed by atoms with E-state index >= 15 is 0 Å². The van der Waals surface area contributed by atoms with Crippen LogP contribution in [-0.2, 0) is 4.79 Å². The van der Waals surface area contributed by atoms with Gasteiger partial charge >= 0.3 is 0 Å². The van der Waals surface area contributed by atoms with Gasteiger partial charge in [-0.05, 0) is 41.1 Å². The van der Waals surface area contributed by atoms with Gasteiger partial charge in [0.15, 0.2) is 0 Å². The molecule has 0 aliphatic carbocycles. The monoisotopic (exact) mass is 301 g/mol. The van der Waals surface area contributed by atoms with E-state index in [0.29, 0.717) is 23.6 Å². The maximum absolute atomic E-state index is 11.3. The molecule has 86 valence electrons. The second-order valence-corrected chi connectivity index (χ2v) is 5.40. The van der Waals surface area contributed by atoms with Crippen LogP contribution in [0, 0.1) is 0 Å². The molecule has 0 N–H and O–H groups in total. The Balaban J connectivity index is 2.23. The Kier molecular flexibility index (Phi) is 3.55. The molecule has 16 heavy (non-hydrogen) atoms. The summed E-state index contributed by atoms with van der Waals surface area (Å²) in [7, 11) is 0. The summed E-state index contributed by atoms with van der Waals surface area (Å²) in [4.78, 5) is 13.6. The van der Waals surface area contributed by atoms with Gasteiger partial charge in [-0.2, -0.15) is 0 Å². The van der Waals surface area contributed by atoms with E-state index in [4.69, 9.17) is 11.6 Å². The summed E-state index contributed by atoms with van der Waals surface area (Å²) in [6, 6.07) is 6.16. The fraction of sp³-hybridized carbons (Fsp3) is 0.417. The molecular weight excluding hydrogens is 289 g/mol. The molecule has 0 saturated carbocycles. The minimum Gasteiger partial charge on any atom is -0.368 e. The van der Waals surface area contributed by atoms with E-state index in [-0.39, 0.29) is 6.04 Å². The Hall–Kier alpha value is -0.540. The highest BCUT2D eigenvalue weighted by Gasteiger charge is 2.23. The van der Waals surface area contributed by atoms with Crippen LogP contribution in [-0.4, -0.2) is 18.4 Å². The smallest absolute Gasteiger partial charge is 0.136 e. The predicted molar refractivity (Wildman–Crippen MR) is 70.2 cm³/mol. The lowest BCUT2D eigenvalue weighted by Gasteiger charge is -2.34. The molecule has 1 aliphatic rings. The molecule has 2 nitrogen and oxygen atoms in total. The molecule has 1 atom stereocenters. The minimum atomic E-state index is 0.273. The normalized spacial score (nSPS) is 21.3. The van der Waals surface area contributed by atoms with Crippen molar-refractivity contribution in [2.75, 3.05) is 11.4 Å². The largest absolute Gasteiger partial charge is 0.368 e. The third kappa shape index (κ3) is 2.41. The molecule has 0 spiro atoms. The molecule has 1 unspecified atom stereocenters. The zero-order valence-electron chi connectivity index (χ0n) is 9.04. The van der Waals surface area contributed by atoms with E-state index in [1.54, 1.807) is 0 Å². The molecule has 0 amide bonds. The van der Waals surface area contributed by atoms with Crippen molar-refractivity contribution in [1.29, 1.82) is 0 Å². The maximum atomic E-state index is 11.3. The van der Waals surface area contributed by atoms with Gasteiger partial charge in [0.2, 0.25) is 0 Å². The molecular formula is C12H13BrClNO. The number of nitrogens with zero attached hydrogens (tertiary/aromatic N) is 1. The third-order valence-corrected chi connectivity index (χ3v) is 4.14. The topological polar surface area (TPSA) is 20.3 Å². The van der Waals surface area contributed by atoms with Gasteiger partial charge in [-0.25, -0.2) is 0 Å². The first-order chi connectivity index (χ1) is 7.58. The van der Waals surface area contributed by atoms with Gasteiger partial charge in [-0.3, -0.25) is 4.79 Å². The second kappa shape index (κ2) is 4.76. The zero-order valence-corrected chi connectivity index (χ0v) is 11.4. The number of benzene rings is 1. The van der Waals surface area contributed by atoms with Crippen LogP contribution in [0.25, 0.3) is 0 Å². The lowest BCUT2D eigenvalue weighted by Crippen LogP contribution is -2.41. The van der Waals surface area contributed by atoms with Gasteiger partial charge in [0.25, 0.3) is 0 Å². The number of hydrogen-bond donors (Lipinski definition) is 0. The van der Waals surface area contributed by atoms with Crippen molar-refractivity contribution < 1.29 is 4.79 Å². The number of piperidine rings is 1. The average Bonchev–Trinajstić information content (AvgIpc) is 2.22. The summed E-state index contributed by atoms with van der Waals surface area (Å²) in [5, 5.41) is 0.712. The van der Waals surface area contributed by atoms with Crippen LogP contribution in [0.2, 0.25) is 5.02 Å². The Labute approximate surface area is 109 Å². The third-order valence-electron chi connectivity index (χ3n) is 2.92. The first-order valence-corrected chi connectivity index (χ1v) is 6.48. The summed E-state index contributed by atoms with van der Waals surface area (Å²) >= 11 is 9.38. The molecule has 0 radical (unpaired) electrons. The summed E-state index contributed by atoms with van der Waals surface area (Å²) in [5.41, 5.74) is 1.12. The highest BCUT2D eigenvalue weighted by atomic mass is 79.9. The Morgan fingerprint density at radius 1 is 1.50 bits per heavy atom. The Morgan fingerprint density at radius 2 is 2.25 bits per heavy atom. The molecule has 1 aromatic rings. The quantitative estimate of drug-likeness (QED) is 0.789. The highest BCUT2D eigenvalue weighted by Crippen LogP contribution is 2.30. The number of rotatable bonds is 1. The average molecular weight is 303 g/mol. The number of anilines is 1. The molecule has 1 fully saturated rings. The van der Waals surface area contributed by atoms with Gasteiger partial charge in [-0.1, -0.05) is 11.6 Å². The van der Waals surface area contributed by atoms with Crippen molar-refractivity contribution in [1.82, 2.24) is 0 Å². The van der Waals surface area contributed by atoms with Crippen LogP contribution in [0.4, 0.5) is 5.69 Å². The standard InChI is InChI=1S/C12H13BrClNO/c1-8-6-10(16)4-5-15(8)9-2-3-12(14)11(13)7-9/h2-3,7-8H,4-6H2,1H3. The molecule has 1 saturated heterocycles. The molecule has 0 bridgehead atoms. The van der Waals surface area contributed by atoms with Gasteiger partial charge in [-0.15, -0.1) is 0 Å². The van der Waals surface area contributed by atoms with Crippen molar-refractivity contribution in [2.24, 2.45) is 0 Å². The number of carbonyl (C=O) groups excluding carboxylic acids is 1. The minimum absolute atomic E-state index is 0.273. The van der Waals surface area contributed by atoms with E-state index in [2.05, 4.69) is 27.8 Å². The van der Waals surface area contributed by atoms with Gasteiger partial charge in [0, 0.05) is 35.6 Å². The maximum Gasteiger partial charge on any atom is 0.136 e. The zero-order chi connectivity index (χ0) is 11.7. The molecule has 1 aliphatic heterocycles. The van der Waals surface area contributed by atoms with Crippen molar-refractivity contribution in [3.8, 4) is 0 Å². The van der Waals surface area contributed by atoms with Gasteiger partial charge < -0.3 is 4.90 Å². The summed E-state index contributed by atoms with van der Waals surface area (Å²) in [6.07, 6.45) is 1.28. The summed E-state index contributed by atoms with van der Waals surface area (Å²) < 4.78 is 0.899. The van der Waals surface area contributed by atoms with Crippen LogP contribution in [0.5, 0.6) is 0 Å². The van der Waals surface area contributed by atoms with Crippen LogP contribution in [0.15, 0.2) is 22.7 Å². The molecule has 4 heteroatoms. The predicted octanol–water partition coefficient (Wildman–Crippen LogP) is 3.66. The van der Waals surface area contributed by atoms with E-state index in [1.165, 1.54) is 0 Å². The lowest BCUT2D eigenvalue weighted by molar-refractivity contribution is -0.120. The van der Waals surface area contributed by atoms with Crippen molar-refractivity contribution >= 4 is 39.0 Å². The number of Topliss-reactive ketones (excluding diaryl/α,β-unsaturated/α-hetero) is 1. The first-order valence-electron chi connectivity index (χ1n) is 5.31. The number of ketones is 1. The van der Waals surface area contributed by atoms with E-state index < -0.39 is 0 Å². The van der Waals surface area contributed by atoms with E-state index in [1.807, 2.05) is 18.2 Å². The number of carbonyl (C=O) groups is 1. The van der Waals surface area contributed by atoms with Crippen molar-refractivity contribution in [3.05, 3.63) is 27.7 Å². The molecule has 2 rings (SSSR count). The summed E-state index contributed by atoms with van der Waals surface area (Å²) in [5.74, 6) is 0.358. The van der Waals surface area contributed by atoms with Gasteiger partial charge in [0.05, 0.1) is 5.02 Å².